The summed E-state index contributed by atoms with van der Waals surface area (Å²) in [5.41, 5.74) is 0.0296. The molecule has 1 unspecified atom stereocenters. The van der Waals surface area contributed by atoms with Crippen molar-refractivity contribution >= 4 is 22.1 Å². The minimum Gasteiger partial charge on any atom is -0.481 e. The van der Waals surface area contributed by atoms with Gasteiger partial charge in [-0.15, -0.1) is 0 Å². The summed E-state index contributed by atoms with van der Waals surface area (Å²) in [7, 11) is -3.13. The molecule has 2 aromatic rings. The first-order valence-corrected chi connectivity index (χ1v) is 15.3. The number of fused-ring (bicyclic) bond motifs is 1. The van der Waals surface area contributed by atoms with Crippen molar-refractivity contribution < 1.29 is 36.6 Å². The van der Waals surface area contributed by atoms with E-state index in [1.807, 2.05) is 26.0 Å². The minimum atomic E-state index is -4.85. The Hall–Kier alpha value is -2.73. The molecule has 1 aliphatic rings. The SMILES string of the molecule is CN(CC(O)CNC(C)(C)CC1Cc2ccccc2C1)S(=O)(=O)c1ccc(C=CC(C)(C)CC(=O)O)c(C(F)(F)F)c1. The number of β-amino-alcohol motifs (C(OH)–C–C–N with tert-alkyl or cyclic N) is 1. The van der Waals surface area contributed by atoms with Gasteiger partial charge in [-0.05, 0) is 73.3 Å². The number of sulfonamides is 1. The first-order valence-electron chi connectivity index (χ1n) is 13.9. The molecule has 42 heavy (non-hydrogen) atoms. The maximum atomic E-state index is 13.9. The topological polar surface area (TPSA) is 107 Å². The van der Waals surface area contributed by atoms with Crippen LogP contribution in [0.15, 0.2) is 53.4 Å². The summed E-state index contributed by atoms with van der Waals surface area (Å²) >= 11 is 0. The maximum absolute atomic E-state index is 13.9. The lowest BCUT2D eigenvalue weighted by molar-refractivity contribution is -0.139. The molecule has 0 heterocycles. The van der Waals surface area contributed by atoms with Crippen LogP contribution in [0.3, 0.4) is 0 Å². The van der Waals surface area contributed by atoms with Crippen molar-refractivity contribution in [1.82, 2.24) is 9.62 Å². The monoisotopic (exact) mass is 610 g/mol. The molecule has 11 heteroatoms. The second kappa shape index (κ2) is 12.9. The largest absolute Gasteiger partial charge is 0.481 e. The number of hydrogen-bond acceptors (Lipinski definition) is 5. The van der Waals surface area contributed by atoms with E-state index in [0.717, 1.165) is 41.8 Å². The number of nitrogens with zero attached hydrogens (tertiary/aromatic N) is 1. The van der Waals surface area contributed by atoms with Gasteiger partial charge in [-0.1, -0.05) is 56.3 Å². The normalized spacial score (nSPS) is 15.9. The van der Waals surface area contributed by atoms with Crippen molar-refractivity contribution in [3.05, 3.63) is 70.8 Å². The molecule has 0 saturated carbocycles. The highest BCUT2D eigenvalue weighted by atomic mass is 32.2. The van der Waals surface area contributed by atoms with Crippen molar-refractivity contribution in [2.24, 2.45) is 11.3 Å². The fourth-order valence-corrected chi connectivity index (χ4v) is 6.71. The molecule has 232 valence electrons. The Balaban J connectivity index is 1.65. The molecule has 0 saturated heterocycles. The highest BCUT2D eigenvalue weighted by Gasteiger charge is 2.35. The molecule has 0 spiro atoms. The van der Waals surface area contributed by atoms with E-state index in [4.69, 9.17) is 5.11 Å². The molecule has 0 radical (unpaired) electrons. The number of alkyl halides is 3. The second-order valence-electron chi connectivity index (χ2n) is 12.6. The van der Waals surface area contributed by atoms with Crippen molar-refractivity contribution in [2.45, 2.75) is 76.1 Å². The van der Waals surface area contributed by atoms with Crippen LogP contribution in [0.2, 0.25) is 0 Å². The molecule has 3 rings (SSSR count). The standard InChI is InChI=1S/C31H41F3N2O5S/c1-29(2,18-28(38)39)13-12-22-10-11-26(16-27(22)31(32,33)34)42(40,41)36(5)20-25(37)19-35-30(3,4)17-21-14-23-8-6-7-9-24(23)15-21/h6-13,16,21,25,35,37H,14-15,17-20H2,1-5H3,(H,38,39). The Labute approximate surface area is 246 Å². The second-order valence-corrected chi connectivity index (χ2v) is 14.6. The zero-order valence-corrected chi connectivity index (χ0v) is 25.5. The van der Waals surface area contributed by atoms with Crippen LogP contribution in [-0.2, 0) is 33.8 Å². The number of carboxylic acid groups (broad SMARTS) is 1. The van der Waals surface area contributed by atoms with Crippen LogP contribution in [0.1, 0.15) is 62.8 Å². The smallest absolute Gasteiger partial charge is 0.417 e. The van der Waals surface area contributed by atoms with Crippen LogP contribution in [0.5, 0.6) is 0 Å². The first-order chi connectivity index (χ1) is 19.3. The van der Waals surface area contributed by atoms with Gasteiger partial charge in [0.25, 0.3) is 0 Å². The average molecular weight is 611 g/mol. The molecule has 0 aliphatic heterocycles. The highest BCUT2D eigenvalue weighted by molar-refractivity contribution is 7.89. The number of likely N-dealkylation sites (N-methyl/N-ethyl adjacent to an activating group) is 1. The van der Waals surface area contributed by atoms with Gasteiger partial charge in [0.05, 0.1) is 23.0 Å². The summed E-state index contributed by atoms with van der Waals surface area (Å²) in [5.74, 6) is -0.639. The number of rotatable bonds is 13. The molecule has 1 atom stereocenters. The number of hydrogen-bond donors (Lipinski definition) is 3. The van der Waals surface area contributed by atoms with Crippen LogP contribution in [0, 0.1) is 11.3 Å². The van der Waals surface area contributed by atoms with Gasteiger partial charge < -0.3 is 15.5 Å². The summed E-state index contributed by atoms with van der Waals surface area (Å²) in [5, 5.41) is 23.0. The summed E-state index contributed by atoms with van der Waals surface area (Å²) < 4.78 is 68.9. The van der Waals surface area contributed by atoms with Crippen molar-refractivity contribution in [3.8, 4) is 0 Å². The summed E-state index contributed by atoms with van der Waals surface area (Å²) in [6.45, 7) is 7.01. The predicted molar refractivity (Wildman–Crippen MR) is 156 cm³/mol. The third kappa shape index (κ3) is 9.13. The summed E-state index contributed by atoms with van der Waals surface area (Å²) in [6.07, 6.45) is -0.876. The lowest BCUT2D eigenvalue weighted by atomic mass is 9.88. The van der Waals surface area contributed by atoms with Crippen LogP contribution < -0.4 is 5.32 Å². The Morgan fingerprint density at radius 3 is 2.24 bits per heavy atom. The van der Waals surface area contributed by atoms with Gasteiger partial charge in [-0.25, -0.2) is 8.42 Å². The third-order valence-corrected chi connectivity index (χ3v) is 9.40. The Kier molecular flexibility index (Phi) is 10.3. The average Bonchev–Trinajstić information content (AvgIpc) is 3.26. The molecule has 1 aliphatic carbocycles. The zero-order valence-electron chi connectivity index (χ0n) is 24.7. The molecule has 2 aromatic carbocycles. The molecule has 0 amide bonds. The number of aliphatic carboxylic acids is 1. The fraction of sp³-hybridized carbons (Fsp3) is 0.516. The van der Waals surface area contributed by atoms with E-state index in [0.29, 0.717) is 12.0 Å². The molecule has 3 N–H and O–H groups in total. The van der Waals surface area contributed by atoms with Crippen molar-refractivity contribution in [1.29, 1.82) is 0 Å². The lowest BCUT2D eigenvalue weighted by Crippen LogP contribution is -2.47. The Bertz CT molecular complexity index is 1380. The molecular formula is C31H41F3N2O5S. The quantitative estimate of drug-likeness (QED) is 0.282. The number of nitrogens with one attached hydrogen (secondary N) is 1. The van der Waals surface area contributed by atoms with Gasteiger partial charge in [0.15, 0.2) is 0 Å². The first kappa shape index (κ1) is 33.8. The van der Waals surface area contributed by atoms with Gasteiger partial charge in [0.2, 0.25) is 10.0 Å². The number of allylic oxidation sites excluding steroid dienone is 1. The van der Waals surface area contributed by atoms with E-state index < -0.39 is 44.1 Å². The van der Waals surface area contributed by atoms with Crippen molar-refractivity contribution in [3.63, 3.8) is 0 Å². The van der Waals surface area contributed by atoms with E-state index in [2.05, 4.69) is 17.4 Å². The molecule has 0 fully saturated rings. The predicted octanol–water partition coefficient (Wildman–Crippen LogP) is 5.37. The van der Waals surface area contributed by atoms with E-state index in [-0.39, 0.29) is 30.6 Å². The van der Waals surface area contributed by atoms with E-state index in [1.54, 1.807) is 13.8 Å². The van der Waals surface area contributed by atoms with Crippen LogP contribution in [-0.4, -0.2) is 60.7 Å². The fourth-order valence-electron chi connectivity index (χ4n) is 5.47. The van der Waals surface area contributed by atoms with Gasteiger partial charge in [-0.2, -0.15) is 17.5 Å². The third-order valence-electron chi connectivity index (χ3n) is 7.58. The molecule has 0 bridgehead atoms. The molecular weight excluding hydrogens is 569 g/mol. The van der Waals surface area contributed by atoms with Crippen LogP contribution in [0.4, 0.5) is 13.2 Å². The van der Waals surface area contributed by atoms with Gasteiger partial charge >= 0.3 is 12.1 Å². The van der Waals surface area contributed by atoms with E-state index in [1.165, 1.54) is 24.3 Å². The lowest BCUT2D eigenvalue weighted by Gasteiger charge is -2.31. The minimum absolute atomic E-state index is 0.107. The number of halogens is 3. The van der Waals surface area contributed by atoms with Gasteiger partial charge in [-0.3, -0.25) is 4.79 Å². The van der Waals surface area contributed by atoms with Crippen LogP contribution in [0.25, 0.3) is 6.08 Å². The van der Waals surface area contributed by atoms with E-state index in [9.17, 15) is 31.5 Å². The number of carboxylic acids is 1. The maximum Gasteiger partial charge on any atom is 0.417 e. The Morgan fingerprint density at radius 1 is 1.10 bits per heavy atom. The summed E-state index contributed by atoms with van der Waals surface area (Å²) in [6, 6.07) is 11.1. The Morgan fingerprint density at radius 2 is 1.69 bits per heavy atom. The molecule has 7 nitrogen and oxygen atoms in total. The van der Waals surface area contributed by atoms with Gasteiger partial charge in [0, 0.05) is 25.7 Å². The number of aliphatic hydroxyl groups is 1. The van der Waals surface area contributed by atoms with Crippen molar-refractivity contribution in [2.75, 3.05) is 20.1 Å². The van der Waals surface area contributed by atoms with E-state index >= 15 is 0 Å². The zero-order chi connectivity index (χ0) is 31.5. The summed E-state index contributed by atoms with van der Waals surface area (Å²) in [4.78, 5) is 10.5. The van der Waals surface area contributed by atoms with Gasteiger partial charge in [0.1, 0.15) is 0 Å². The molecule has 0 aromatic heterocycles. The number of carbonyl (C=O) groups is 1. The highest BCUT2D eigenvalue weighted by Crippen LogP contribution is 2.36. The number of benzene rings is 2. The van der Waals surface area contributed by atoms with Crippen LogP contribution >= 0.6 is 0 Å². The number of aliphatic hydroxyl groups excluding tert-OH is 1.